The van der Waals surface area contributed by atoms with Crippen LogP contribution in [0.15, 0.2) is 63.5 Å². The number of H-pyrrole nitrogens is 2. The highest BCUT2D eigenvalue weighted by atomic mass is 35.5. The molecule has 0 saturated heterocycles. The molecule has 0 aliphatic rings. The third-order valence-electron chi connectivity index (χ3n) is 5.15. The topological polar surface area (TPSA) is 94.7 Å². The largest absolute Gasteiger partial charge is 0.309 e. The quantitative estimate of drug-likeness (QED) is 0.408. The number of hydrogen-bond donors (Lipinski definition) is 2. The third-order valence-corrected chi connectivity index (χ3v) is 6.27. The van der Waals surface area contributed by atoms with Crippen molar-refractivity contribution in [2.45, 2.75) is 13.1 Å². The minimum absolute atomic E-state index is 0.166. The summed E-state index contributed by atoms with van der Waals surface area (Å²) in [5, 5.41) is 3.72. The average Bonchev–Trinajstić information content (AvgIpc) is 3.19. The fraction of sp³-hybridized carbons (Fsp3) is 0.130. The van der Waals surface area contributed by atoms with Crippen LogP contribution in [0.25, 0.3) is 32.2 Å². The molecule has 0 radical (unpaired) electrons. The lowest BCUT2D eigenvalue weighted by Crippen LogP contribution is -2.24. The number of thiophene rings is 1. The van der Waals surface area contributed by atoms with Gasteiger partial charge in [-0.1, -0.05) is 35.9 Å². The number of para-hydroxylation sites is 1. The first kappa shape index (κ1) is 20.6. The normalized spacial score (nSPS) is 11.6. The van der Waals surface area contributed by atoms with Crippen LogP contribution >= 0.6 is 22.9 Å². The molecule has 0 aliphatic heterocycles. The van der Waals surface area contributed by atoms with E-state index < -0.39 is 0 Å². The summed E-state index contributed by atoms with van der Waals surface area (Å²) in [7, 11) is 1.88. The maximum Gasteiger partial charge on any atom is 0.260 e. The summed E-state index contributed by atoms with van der Waals surface area (Å²) in [4.78, 5) is 42.7. The van der Waals surface area contributed by atoms with Gasteiger partial charge in [-0.3, -0.25) is 14.5 Å². The van der Waals surface area contributed by atoms with Crippen molar-refractivity contribution >= 4 is 44.1 Å². The Morgan fingerprint density at radius 2 is 1.62 bits per heavy atom. The molecule has 0 fully saturated rings. The Morgan fingerprint density at radius 1 is 0.938 bits per heavy atom. The number of fused-ring (bicyclic) bond motifs is 2. The van der Waals surface area contributed by atoms with Crippen LogP contribution in [0.3, 0.4) is 0 Å². The number of nitrogens with zero attached hydrogens (tertiary/aromatic N) is 3. The standard InChI is InChI=1S/C23H18ClN5O2S/c1-29(10-18-25-17-5-3-2-4-15(17)21(30)26-18)11-19-27-22(31)20-16(12-32-23(20)28-19)13-6-8-14(24)9-7-13/h2-9,12H,10-11H2,1H3,(H,25,26,30)(H,27,28,31). The molecule has 2 aromatic carbocycles. The number of halogens is 1. The van der Waals surface area contributed by atoms with E-state index in [-0.39, 0.29) is 11.1 Å². The van der Waals surface area contributed by atoms with Crippen molar-refractivity contribution in [3.63, 3.8) is 0 Å². The second-order valence-electron chi connectivity index (χ2n) is 7.55. The Balaban J connectivity index is 1.40. The zero-order valence-corrected chi connectivity index (χ0v) is 18.6. The van der Waals surface area contributed by atoms with Gasteiger partial charge >= 0.3 is 0 Å². The number of aromatic nitrogens is 4. The Bertz CT molecular complexity index is 1560. The number of hydrogen-bond acceptors (Lipinski definition) is 6. The van der Waals surface area contributed by atoms with Crippen LogP contribution in [-0.4, -0.2) is 31.9 Å². The molecule has 3 aromatic heterocycles. The molecule has 5 aromatic rings. The van der Waals surface area contributed by atoms with Crippen LogP contribution in [0.4, 0.5) is 0 Å². The maximum absolute atomic E-state index is 12.9. The van der Waals surface area contributed by atoms with Crippen LogP contribution in [0.5, 0.6) is 0 Å². The van der Waals surface area contributed by atoms with Crippen LogP contribution < -0.4 is 11.1 Å². The molecule has 0 atom stereocenters. The summed E-state index contributed by atoms with van der Waals surface area (Å²) >= 11 is 7.41. The lowest BCUT2D eigenvalue weighted by molar-refractivity contribution is 0.303. The Hall–Kier alpha value is -3.33. The summed E-state index contributed by atoms with van der Waals surface area (Å²) < 4.78 is 0. The summed E-state index contributed by atoms with van der Waals surface area (Å²) in [5.41, 5.74) is 2.07. The van der Waals surface area contributed by atoms with Crippen molar-refractivity contribution in [1.29, 1.82) is 0 Å². The molecule has 0 bridgehead atoms. The van der Waals surface area contributed by atoms with Crippen molar-refractivity contribution in [3.05, 3.63) is 91.3 Å². The molecular weight excluding hydrogens is 446 g/mol. The predicted molar refractivity (Wildman–Crippen MR) is 128 cm³/mol. The van der Waals surface area contributed by atoms with Crippen molar-refractivity contribution in [3.8, 4) is 11.1 Å². The first-order valence-electron chi connectivity index (χ1n) is 9.91. The zero-order valence-electron chi connectivity index (χ0n) is 17.1. The molecule has 0 saturated carbocycles. The molecule has 0 amide bonds. The van der Waals surface area contributed by atoms with Crippen molar-refractivity contribution in [2.24, 2.45) is 0 Å². The highest BCUT2D eigenvalue weighted by molar-refractivity contribution is 7.17. The molecule has 32 heavy (non-hydrogen) atoms. The van der Waals surface area contributed by atoms with Gasteiger partial charge in [-0.05, 0) is 36.9 Å². The SMILES string of the molecule is CN(Cc1nc2ccccc2c(=O)[nH]1)Cc1nc2scc(-c3ccc(Cl)cc3)c2c(=O)[nH]1. The van der Waals surface area contributed by atoms with Gasteiger partial charge in [0.2, 0.25) is 0 Å². The van der Waals surface area contributed by atoms with Crippen molar-refractivity contribution in [1.82, 2.24) is 24.8 Å². The van der Waals surface area contributed by atoms with E-state index >= 15 is 0 Å². The van der Waals surface area contributed by atoms with E-state index in [0.29, 0.717) is 50.9 Å². The van der Waals surface area contributed by atoms with Gasteiger partial charge in [0, 0.05) is 16.0 Å². The van der Waals surface area contributed by atoms with Gasteiger partial charge < -0.3 is 9.97 Å². The first-order valence-corrected chi connectivity index (χ1v) is 11.2. The minimum Gasteiger partial charge on any atom is -0.309 e. The van der Waals surface area contributed by atoms with E-state index in [2.05, 4.69) is 19.9 Å². The smallest absolute Gasteiger partial charge is 0.260 e. The third kappa shape index (κ3) is 3.95. The Labute approximate surface area is 191 Å². The van der Waals surface area contributed by atoms with E-state index in [4.69, 9.17) is 11.6 Å². The van der Waals surface area contributed by atoms with Crippen LogP contribution in [0.2, 0.25) is 5.02 Å². The number of nitrogens with one attached hydrogen (secondary N) is 2. The van der Waals surface area contributed by atoms with E-state index in [1.807, 2.05) is 47.7 Å². The number of rotatable bonds is 5. The second kappa shape index (κ2) is 8.31. The lowest BCUT2D eigenvalue weighted by Gasteiger charge is -2.15. The second-order valence-corrected chi connectivity index (χ2v) is 8.85. The molecule has 0 unspecified atom stereocenters. The van der Waals surface area contributed by atoms with Gasteiger partial charge in [-0.2, -0.15) is 0 Å². The van der Waals surface area contributed by atoms with Crippen LogP contribution in [0, 0.1) is 0 Å². The van der Waals surface area contributed by atoms with Gasteiger partial charge in [-0.15, -0.1) is 11.3 Å². The zero-order chi connectivity index (χ0) is 22.2. The average molecular weight is 464 g/mol. The fourth-order valence-corrected chi connectivity index (χ4v) is 4.78. The van der Waals surface area contributed by atoms with Crippen molar-refractivity contribution in [2.75, 3.05) is 7.05 Å². The number of aromatic amines is 2. The predicted octanol–water partition coefficient (Wildman–Crippen LogP) is 4.17. The molecule has 3 heterocycles. The van der Waals surface area contributed by atoms with Crippen molar-refractivity contribution < 1.29 is 0 Å². The molecule has 9 heteroatoms. The highest BCUT2D eigenvalue weighted by Crippen LogP contribution is 2.31. The van der Waals surface area contributed by atoms with Gasteiger partial charge in [0.05, 0.1) is 29.4 Å². The molecule has 7 nitrogen and oxygen atoms in total. The summed E-state index contributed by atoms with van der Waals surface area (Å²) in [5.74, 6) is 1.11. The van der Waals surface area contributed by atoms with Gasteiger partial charge in [0.15, 0.2) is 0 Å². The highest BCUT2D eigenvalue weighted by Gasteiger charge is 2.14. The lowest BCUT2D eigenvalue weighted by atomic mass is 10.1. The summed E-state index contributed by atoms with van der Waals surface area (Å²) in [6, 6.07) is 14.6. The Morgan fingerprint density at radius 3 is 2.41 bits per heavy atom. The van der Waals surface area contributed by atoms with Gasteiger partial charge in [0.25, 0.3) is 11.1 Å². The molecule has 0 aliphatic carbocycles. The molecule has 160 valence electrons. The van der Waals surface area contributed by atoms with E-state index in [9.17, 15) is 9.59 Å². The Kier molecular flexibility index (Phi) is 5.34. The number of benzene rings is 2. The van der Waals surface area contributed by atoms with Crippen LogP contribution in [0.1, 0.15) is 11.6 Å². The maximum atomic E-state index is 12.9. The summed E-state index contributed by atoms with van der Waals surface area (Å²) in [6.45, 7) is 0.804. The molecule has 2 N–H and O–H groups in total. The van der Waals surface area contributed by atoms with E-state index in [1.54, 1.807) is 18.2 Å². The van der Waals surface area contributed by atoms with E-state index in [0.717, 1.165) is 11.1 Å². The van der Waals surface area contributed by atoms with Crippen LogP contribution in [-0.2, 0) is 13.1 Å². The monoisotopic (exact) mass is 463 g/mol. The van der Waals surface area contributed by atoms with E-state index in [1.165, 1.54) is 11.3 Å². The van der Waals surface area contributed by atoms with Gasteiger partial charge in [-0.25, -0.2) is 9.97 Å². The van der Waals surface area contributed by atoms with Gasteiger partial charge in [0.1, 0.15) is 16.5 Å². The first-order chi connectivity index (χ1) is 15.5. The molecule has 5 rings (SSSR count). The molecule has 0 spiro atoms. The summed E-state index contributed by atoms with van der Waals surface area (Å²) in [6.07, 6.45) is 0. The minimum atomic E-state index is -0.179. The molecular formula is C23H18ClN5O2S. The fourth-order valence-electron chi connectivity index (χ4n) is 3.69.